The number of carbonyl (C=O) groups excluding carboxylic acids is 3. The van der Waals surface area contributed by atoms with Gasteiger partial charge in [-0.1, -0.05) is 54.6 Å². The zero-order valence-electron chi connectivity index (χ0n) is 17.1. The highest BCUT2D eigenvalue weighted by atomic mass is 19.1. The monoisotopic (exact) mass is 429 g/mol. The lowest BCUT2D eigenvalue weighted by Gasteiger charge is -2.49. The van der Waals surface area contributed by atoms with E-state index in [1.165, 1.54) is 28.0 Å². The number of rotatable bonds is 4. The minimum Gasteiger partial charge on any atom is -0.320 e. The Morgan fingerprint density at radius 1 is 0.938 bits per heavy atom. The molecule has 0 saturated carbocycles. The van der Waals surface area contributed by atoms with Gasteiger partial charge in [0.15, 0.2) is 0 Å². The summed E-state index contributed by atoms with van der Waals surface area (Å²) in [5.74, 6) is -1.82. The Morgan fingerprint density at radius 3 is 2.41 bits per heavy atom. The van der Waals surface area contributed by atoms with Crippen molar-refractivity contribution in [2.45, 2.75) is 25.0 Å². The summed E-state index contributed by atoms with van der Waals surface area (Å²) in [6.07, 6.45) is 0.205. The predicted octanol–water partition coefficient (Wildman–Crippen LogP) is 3.94. The van der Waals surface area contributed by atoms with Gasteiger partial charge in [0.2, 0.25) is 11.6 Å². The first-order chi connectivity index (χ1) is 15.5. The van der Waals surface area contributed by atoms with Gasteiger partial charge in [-0.25, -0.2) is 4.39 Å². The van der Waals surface area contributed by atoms with Crippen LogP contribution in [-0.4, -0.2) is 28.3 Å². The van der Waals surface area contributed by atoms with Gasteiger partial charge in [0, 0.05) is 19.4 Å². The number of amides is 3. The van der Waals surface area contributed by atoms with Crippen molar-refractivity contribution in [1.82, 2.24) is 4.90 Å². The summed E-state index contributed by atoms with van der Waals surface area (Å²) >= 11 is 0. The Bertz CT molecular complexity index is 1230. The van der Waals surface area contributed by atoms with E-state index in [9.17, 15) is 18.8 Å². The number of benzene rings is 3. The van der Waals surface area contributed by atoms with Crippen LogP contribution in [0.1, 0.15) is 28.8 Å². The molecular weight excluding hydrogens is 409 g/mol. The van der Waals surface area contributed by atoms with Crippen molar-refractivity contribution in [1.29, 1.82) is 0 Å². The van der Waals surface area contributed by atoms with Crippen molar-refractivity contribution >= 4 is 29.1 Å². The molecular formula is C25H20FN3O3. The lowest BCUT2D eigenvalue weighted by molar-refractivity contribution is -0.129. The molecule has 0 spiro atoms. The van der Waals surface area contributed by atoms with Gasteiger partial charge in [0.05, 0.1) is 16.9 Å². The largest absolute Gasteiger partial charge is 0.320 e. The van der Waals surface area contributed by atoms with E-state index in [0.717, 1.165) is 5.56 Å². The van der Waals surface area contributed by atoms with Crippen LogP contribution in [0.4, 0.5) is 15.8 Å². The molecule has 0 bridgehead atoms. The van der Waals surface area contributed by atoms with Crippen LogP contribution in [0.2, 0.25) is 0 Å². The number of nitrogens with zero attached hydrogens (tertiary/aromatic N) is 2. The number of para-hydroxylation sites is 2. The highest BCUT2D eigenvalue weighted by Gasteiger charge is 2.60. The second-order valence-corrected chi connectivity index (χ2v) is 7.87. The Kier molecular flexibility index (Phi) is 4.74. The zero-order valence-corrected chi connectivity index (χ0v) is 17.1. The minimum absolute atomic E-state index is 0.00265. The summed E-state index contributed by atoms with van der Waals surface area (Å²) in [6.45, 7) is 0.127. The first-order valence-corrected chi connectivity index (χ1v) is 10.4. The number of nitrogens with one attached hydrogen (secondary N) is 1. The van der Waals surface area contributed by atoms with Crippen LogP contribution in [0.3, 0.4) is 0 Å². The van der Waals surface area contributed by atoms with Crippen LogP contribution in [0.25, 0.3) is 0 Å². The maximum atomic E-state index is 14.3. The van der Waals surface area contributed by atoms with E-state index < -0.39 is 17.4 Å². The van der Waals surface area contributed by atoms with Crippen molar-refractivity contribution in [3.8, 4) is 0 Å². The molecule has 3 amide bonds. The second-order valence-electron chi connectivity index (χ2n) is 7.87. The first kappa shape index (κ1) is 19.9. The van der Waals surface area contributed by atoms with E-state index in [1.807, 2.05) is 30.3 Å². The van der Waals surface area contributed by atoms with Crippen molar-refractivity contribution in [3.63, 3.8) is 0 Å². The molecule has 160 valence electrons. The quantitative estimate of drug-likeness (QED) is 0.683. The third kappa shape index (κ3) is 2.97. The summed E-state index contributed by atoms with van der Waals surface area (Å²) in [5, 5.41) is 2.63. The Balaban J connectivity index is 1.66. The predicted molar refractivity (Wildman–Crippen MR) is 117 cm³/mol. The Labute approximate surface area is 184 Å². The van der Waals surface area contributed by atoms with E-state index in [0.29, 0.717) is 11.3 Å². The zero-order chi connectivity index (χ0) is 22.3. The molecule has 2 aliphatic rings. The molecule has 0 aliphatic carbocycles. The van der Waals surface area contributed by atoms with Gasteiger partial charge >= 0.3 is 0 Å². The van der Waals surface area contributed by atoms with E-state index in [2.05, 4.69) is 5.32 Å². The fourth-order valence-electron chi connectivity index (χ4n) is 4.55. The van der Waals surface area contributed by atoms with Crippen molar-refractivity contribution in [2.75, 3.05) is 10.2 Å². The maximum Gasteiger partial charge on any atom is 0.271 e. The van der Waals surface area contributed by atoms with Crippen LogP contribution < -0.4 is 10.2 Å². The first-order valence-electron chi connectivity index (χ1n) is 10.4. The molecule has 3 aromatic carbocycles. The van der Waals surface area contributed by atoms with Crippen molar-refractivity contribution in [2.24, 2.45) is 0 Å². The smallest absolute Gasteiger partial charge is 0.271 e. The van der Waals surface area contributed by atoms with Crippen molar-refractivity contribution in [3.05, 3.63) is 95.8 Å². The van der Waals surface area contributed by atoms with Crippen LogP contribution in [0.15, 0.2) is 78.9 Å². The summed E-state index contributed by atoms with van der Waals surface area (Å²) in [6, 6.07) is 21.9. The summed E-state index contributed by atoms with van der Waals surface area (Å²) in [5.41, 5.74) is -0.0311. The van der Waals surface area contributed by atoms with E-state index in [1.54, 1.807) is 30.3 Å². The molecule has 2 heterocycles. The molecule has 0 aromatic heterocycles. The molecule has 1 N–H and O–H groups in total. The fraction of sp³-hybridized carbons (Fsp3) is 0.160. The molecule has 7 heteroatoms. The molecule has 1 fully saturated rings. The number of halogens is 1. The number of hydrogen-bond donors (Lipinski definition) is 1. The molecule has 1 saturated heterocycles. The van der Waals surface area contributed by atoms with Gasteiger partial charge in [-0.2, -0.15) is 0 Å². The summed E-state index contributed by atoms with van der Waals surface area (Å²) in [7, 11) is 0. The van der Waals surface area contributed by atoms with Crippen LogP contribution in [0, 0.1) is 5.82 Å². The summed E-state index contributed by atoms with van der Waals surface area (Å²) in [4.78, 5) is 43.3. The van der Waals surface area contributed by atoms with Crippen LogP contribution in [-0.2, 0) is 16.1 Å². The van der Waals surface area contributed by atoms with E-state index in [-0.39, 0.29) is 36.9 Å². The topological polar surface area (TPSA) is 69.7 Å². The Hall–Kier alpha value is -4.00. The van der Waals surface area contributed by atoms with Gasteiger partial charge in [-0.15, -0.1) is 0 Å². The number of fused-ring (bicyclic) bond motifs is 3. The molecule has 32 heavy (non-hydrogen) atoms. The highest BCUT2D eigenvalue weighted by Crippen LogP contribution is 2.45. The molecule has 1 atom stereocenters. The molecule has 6 nitrogen and oxygen atoms in total. The van der Waals surface area contributed by atoms with E-state index >= 15 is 0 Å². The summed E-state index contributed by atoms with van der Waals surface area (Å²) < 4.78 is 14.3. The number of hydrogen-bond acceptors (Lipinski definition) is 3. The molecule has 0 radical (unpaired) electrons. The third-order valence-corrected chi connectivity index (χ3v) is 6.04. The maximum absolute atomic E-state index is 14.3. The molecule has 2 aliphatic heterocycles. The van der Waals surface area contributed by atoms with Gasteiger partial charge in [0.1, 0.15) is 5.82 Å². The average molecular weight is 429 g/mol. The van der Waals surface area contributed by atoms with Gasteiger partial charge in [-0.3, -0.25) is 19.3 Å². The second kappa shape index (κ2) is 7.60. The van der Waals surface area contributed by atoms with Crippen LogP contribution >= 0.6 is 0 Å². The minimum atomic E-state index is -1.60. The van der Waals surface area contributed by atoms with Gasteiger partial charge in [0.25, 0.3) is 11.8 Å². The van der Waals surface area contributed by atoms with Gasteiger partial charge in [-0.05, 0) is 29.8 Å². The van der Waals surface area contributed by atoms with Crippen LogP contribution in [0.5, 0.6) is 0 Å². The van der Waals surface area contributed by atoms with Gasteiger partial charge < -0.3 is 10.2 Å². The third-order valence-electron chi connectivity index (χ3n) is 6.04. The lowest BCUT2D eigenvalue weighted by Crippen LogP contribution is -2.69. The normalized spacial score (nSPS) is 19.5. The number of anilines is 2. The Morgan fingerprint density at radius 2 is 1.62 bits per heavy atom. The molecule has 5 rings (SSSR count). The molecule has 0 unspecified atom stereocenters. The standard InChI is InChI=1S/C25H20FN3O3/c26-19-11-5-6-12-20(19)27-24(32)25-15-14-22(30)29(25)21-13-7-4-10-18(21)23(31)28(25)16-17-8-2-1-3-9-17/h1-13H,14-16H2,(H,27,32)/t25-/m0/s1. The number of carbonyl (C=O) groups is 3. The van der Waals surface area contributed by atoms with Crippen molar-refractivity contribution < 1.29 is 18.8 Å². The lowest BCUT2D eigenvalue weighted by atomic mass is 9.94. The van der Waals surface area contributed by atoms with E-state index in [4.69, 9.17) is 0 Å². The fourth-order valence-corrected chi connectivity index (χ4v) is 4.55. The highest BCUT2D eigenvalue weighted by molar-refractivity contribution is 6.18. The average Bonchev–Trinajstić information content (AvgIpc) is 3.17. The SMILES string of the molecule is O=C1c2ccccc2N2C(=O)CC[C@]2(C(=O)Nc2ccccc2F)N1Cc1ccccc1. The molecule has 3 aromatic rings.